The molecular formula is C21H33N3O. The molecule has 0 bridgehead atoms. The molecule has 1 aromatic heterocycles. The molecule has 138 valence electrons. The van der Waals surface area contributed by atoms with Gasteiger partial charge in [-0.2, -0.15) is 0 Å². The van der Waals surface area contributed by atoms with Gasteiger partial charge in [-0.05, 0) is 29.4 Å². The highest BCUT2D eigenvalue weighted by molar-refractivity contribution is 5.76. The number of carbonyl (C=O) groups is 1. The molecule has 1 amide bonds. The number of amides is 1. The van der Waals surface area contributed by atoms with Gasteiger partial charge in [0, 0.05) is 19.2 Å². The van der Waals surface area contributed by atoms with Crippen LogP contribution in [-0.2, 0) is 11.3 Å². The largest absolute Gasteiger partial charge is 0.384 e. The van der Waals surface area contributed by atoms with E-state index in [0.29, 0.717) is 24.7 Å². The van der Waals surface area contributed by atoms with Gasteiger partial charge in [-0.15, -0.1) is 0 Å². The Morgan fingerprint density at radius 1 is 1.04 bits per heavy atom. The summed E-state index contributed by atoms with van der Waals surface area (Å²) in [6, 6.07) is 3.72. The molecule has 2 aliphatic carbocycles. The maximum atomic E-state index is 12.6. The predicted molar refractivity (Wildman–Crippen MR) is 102 cm³/mol. The number of nitrogens with zero attached hydrogens (tertiary/aromatic N) is 1. The summed E-state index contributed by atoms with van der Waals surface area (Å²) < 4.78 is 0. The molecule has 3 rings (SSSR count). The number of nitrogen functional groups attached to an aromatic ring is 1. The van der Waals surface area contributed by atoms with Gasteiger partial charge in [0.1, 0.15) is 5.82 Å². The maximum absolute atomic E-state index is 12.6. The van der Waals surface area contributed by atoms with Crippen molar-refractivity contribution in [2.45, 2.75) is 77.2 Å². The Bertz CT molecular complexity index is 513. The molecule has 0 aromatic carbocycles. The number of carbonyl (C=O) groups excluding carboxylic acids is 1. The van der Waals surface area contributed by atoms with E-state index in [9.17, 15) is 4.79 Å². The van der Waals surface area contributed by atoms with Crippen LogP contribution in [0.3, 0.4) is 0 Å². The lowest BCUT2D eigenvalue weighted by atomic mass is 9.68. The number of anilines is 1. The van der Waals surface area contributed by atoms with Crippen LogP contribution in [0.4, 0.5) is 5.82 Å². The van der Waals surface area contributed by atoms with Crippen molar-refractivity contribution in [2.75, 3.05) is 5.73 Å². The molecule has 0 aliphatic heterocycles. The molecule has 0 radical (unpaired) electrons. The number of pyridine rings is 1. The van der Waals surface area contributed by atoms with Gasteiger partial charge in [0.2, 0.25) is 5.91 Å². The summed E-state index contributed by atoms with van der Waals surface area (Å²) in [5.74, 6) is 2.84. The Morgan fingerprint density at radius 3 is 2.16 bits per heavy atom. The van der Waals surface area contributed by atoms with Gasteiger partial charge in [0.15, 0.2) is 0 Å². The predicted octanol–water partition coefficient (Wildman–Crippen LogP) is 4.45. The number of hydrogen-bond donors (Lipinski definition) is 2. The van der Waals surface area contributed by atoms with Crippen molar-refractivity contribution in [2.24, 2.45) is 17.8 Å². The Balaban J connectivity index is 1.56. The van der Waals surface area contributed by atoms with Crippen LogP contribution in [0.2, 0.25) is 0 Å². The van der Waals surface area contributed by atoms with Crippen molar-refractivity contribution < 1.29 is 4.79 Å². The zero-order chi connectivity index (χ0) is 17.5. The molecule has 2 saturated carbocycles. The highest BCUT2D eigenvalue weighted by Gasteiger charge is 2.32. The smallest absolute Gasteiger partial charge is 0.220 e. The first-order valence-electron chi connectivity index (χ1n) is 10.2. The third-order valence-corrected chi connectivity index (χ3v) is 6.27. The first-order valence-corrected chi connectivity index (χ1v) is 10.2. The average Bonchev–Trinajstić information content (AvgIpc) is 2.67. The molecular weight excluding hydrogens is 310 g/mol. The minimum absolute atomic E-state index is 0.206. The fraction of sp³-hybridized carbons (Fsp3) is 0.714. The topological polar surface area (TPSA) is 68.0 Å². The first-order chi connectivity index (χ1) is 12.2. The molecule has 0 atom stereocenters. The second-order valence-electron chi connectivity index (χ2n) is 8.03. The quantitative estimate of drug-likeness (QED) is 0.802. The minimum atomic E-state index is 0.206. The summed E-state index contributed by atoms with van der Waals surface area (Å²) >= 11 is 0. The Kier molecular flexibility index (Phi) is 6.71. The fourth-order valence-electron chi connectivity index (χ4n) is 4.87. The van der Waals surface area contributed by atoms with E-state index in [0.717, 1.165) is 17.4 Å². The average molecular weight is 344 g/mol. The van der Waals surface area contributed by atoms with Crippen molar-refractivity contribution in [1.29, 1.82) is 0 Å². The van der Waals surface area contributed by atoms with Crippen molar-refractivity contribution in [3.05, 3.63) is 23.9 Å². The summed E-state index contributed by atoms with van der Waals surface area (Å²) in [4.78, 5) is 16.7. The van der Waals surface area contributed by atoms with E-state index in [4.69, 9.17) is 5.73 Å². The molecule has 1 aromatic rings. The van der Waals surface area contributed by atoms with Gasteiger partial charge in [-0.3, -0.25) is 4.79 Å². The van der Waals surface area contributed by atoms with Gasteiger partial charge < -0.3 is 11.1 Å². The lowest BCUT2D eigenvalue weighted by Crippen LogP contribution is -2.33. The van der Waals surface area contributed by atoms with Gasteiger partial charge in [0.05, 0.1) is 0 Å². The fourth-order valence-corrected chi connectivity index (χ4v) is 4.87. The molecule has 1 heterocycles. The van der Waals surface area contributed by atoms with E-state index in [1.54, 1.807) is 12.3 Å². The molecule has 4 nitrogen and oxygen atoms in total. The lowest BCUT2D eigenvalue weighted by Gasteiger charge is -2.37. The van der Waals surface area contributed by atoms with Crippen molar-refractivity contribution in [3.8, 4) is 0 Å². The minimum Gasteiger partial charge on any atom is -0.384 e. The van der Waals surface area contributed by atoms with Crippen LogP contribution in [0.5, 0.6) is 0 Å². The summed E-state index contributed by atoms with van der Waals surface area (Å²) in [6.07, 6.45) is 15.9. The third-order valence-electron chi connectivity index (χ3n) is 6.27. The summed E-state index contributed by atoms with van der Waals surface area (Å²) in [6.45, 7) is 0.550. The van der Waals surface area contributed by atoms with E-state index >= 15 is 0 Å². The molecule has 2 aliphatic rings. The Hall–Kier alpha value is -1.58. The molecule has 25 heavy (non-hydrogen) atoms. The second-order valence-corrected chi connectivity index (χ2v) is 8.03. The van der Waals surface area contributed by atoms with Crippen LogP contribution in [0.1, 0.15) is 76.2 Å². The summed E-state index contributed by atoms with van der Waals surface area (Å²) in [5, 5.41) is 3.11. The molecule has 3 N–H and O–H groups in total. The van der Waals surface area contributed by atoms with E-state index in [1.807, 2.05) is 6.07 Å². The monoisotopic (exact) mass is 343 g/mol. The first kappa shape index (κ1) is 18.2. The van der Waals surface area contributed by atoms with E-state index in [2.05, 4.69) is 10.3 Å². The standard InChI is InChI=1S/C21H33N3O/c22-20-12-11-16(14-23-20)15-24-21(25)13-19(17-7-3-1-4-8-17)18-9-5-2-6-10-18/h11-12,14,17-19H,1-10,13,15H2,(H2,22,23)(H,24,25). The Morgan fingerprint density at radius 2 is 1.64 bits per heavy atom. The second kappa shape index (κ2) is 9.21. The van der Waals surface area contributed by atoms with E-state index in [-0.39, 0.29) is 5.91 Å². The van der Waals surface area contributed by atoms with Crippen LogP contribution in [0.15, 0.2) is 18.3 Å². The molecule has 2 fully saturated rings. The number of hydrogen-bond acceptors (Lipinski definition) is 3. The van der Waals surface area contributed by atoms with Gasteiger partial charge in [-0.25, -0.2) is 4.98 Å². The van der Waals surface area contributed by atoms with Crippen molar-refractivity contribution in [3.63, 3.8) is 0 Å². The van der Waals surface area contributed by atoms with Crippen LogP contribution < -0.4 is 11.1 Å². The lowest BCUT2D eigenvalue weighted by molar-refractivity contribution is -0.123. The zero-order valence-electron chi connectivity index (χ0n) is 15.4. The molecule has 4 heteroatoms. The molecule has 0 spiro atoms. The van der Waals surface area contributed by atoms with Crippen LogP contribution in [0.25, 0.3) is 0 Å². The van der Waals surface area contributed by atoms with E-state index in [1.165, 1.54) is 64.2 Å². The van der Waals surface area contributed by atoms with Gasteiger partial charge in [0.25, 0.3) is 0 Å². The van der Waals surface area contributed by atoms with Crippen molar-refractivity contribution >= 4 is 11.7 Å². The van der Waals surface area contributed by atoms with Crippen LogP contribution >= 0.6 is 0 Å². The molecule has 0 saturated heterocycles. The SMILES string of the molecule is Nc1ccc(CNC(=O)CC(C2CCCCC2)C2CCCCC2)cn1. The third kappa shape index (κ3) is 5.45. The van der Waals surface area contributed by atoms with Crippen LogP contribution in [0, 0.1) is 17.8 Å². The van der Waals surface area contributed by atoms with Gasteiger partial charge in [-0.1, -0.05) is 70.3 Å². The number of rotatable bonds is 6. The summed E-state index contributed by atoms with van der Waals surface area (Å²) in [5.41, 5.74) is 6.62. The maximum Gasteiger partial charge on any atom is 0.220 e. The normalized spacial score (nSPS) is 19.9. The summed E-state index contributed by atoms with van der Waals surface area (Å²) in [7, 11) is 0. The van der Waals surface area contributed by atoms with Crippen LogP contribution in [-0.4, -0.2) is 10.9 Å². The highest BCUT2D eigenvalue weighted by atomic mass is 16.1. The van der Waals surface area contributed by atoms with Crippen molar-refractivity contribution in [1.82, 2.24) is 10.3 Å². The van der Waals surface area contributed by atoms with E-state index < -0.39 is 0 Å². The molecule has 0 unspecified atom stereocenters. The highest BCUT2D eigenvalue weighted by Crippen LogP contribution is 2.41. The Labute approximate surface area is 152 Å². The van der Waals surface area contributed by atoms with Gasteiger partial charge >= 0.3 is 0 Å². The zero-order valence-corrected chi connectivity index (χ0v) is 15.4. The number of nitrogens with two attached hydrogens (primary N) is 1. The number of aromatic nitrogens is 1. The number of nitrogens with one attached hydrogen (secondary N) is 1.